The molecule has 0 spiro atoms. The zero-order valence-corrected chi connectivity index (χ0v) is 8.04. The zero-order chi connectivity index (χ0) is 9.14. The van der Waals surface area contributed by atoms with E-state index in [-0.39, 0.29) is 0 Å². The van der Waals surface area contributed by atoms with Crippen molar-refractivity contribution in [2.24, 2.45) is 5.73 Å². The van der Waals surface area contributed by atoms with Crippen LogP contribution in [0, 0.1) is 0 Å². The molecule has 12 heavy (non-hydrogen) atoms. The number of rotatable bonds is 3. The van der Waals surface area contributed by atoms with Crippen LogP contribution < -0.4 is 5.73 Å². The summed E-state index contributed by atoms with van der Waals surface area (Å²) < 4.78 is 2.11. The molecule has 1 aromatic heterocycles. The summed E-state index contributed by atoms with van der Waals surface area (Å²) in [4.78, 5) is 4.44. The minimum atomic E-state index is 0.489. The monoisotopic (exact) mass is 167 g/mol. The van der Waals surface area contributed by atoms with E-state index in [1.165, 1.54) is 0 Å². The van der Waals surface area contributed by atoms with Gasteiger partial charge in [-0.2, -0.15) is 0 Å². The first kappa shape index (κ1) is 9.26. The second-order valence-electron chi connectivity index (χ2n) is 3.23. The van der Waals surface area contributed by atoms with Gasteiger partial charge in [0.05, 0.1) is 12.2 Å². The SMILES string of the molecule is CCn1cc(C(C)C)nc1CN. The molecule has 0 unspecified atom stereocenters. The van der Waals surface area contributed by atoms with E-state index in [1.54, 1.807) is 0 Å². The Morgan fingerprint density at radius 3 is 2.58 bits per heavy atom. The zero-order valence-electron chi connectivity index (χ0n) is 8.04. The fraction of sp³-hybridized carbons (Fsp3) is 0.667. The highest BCUT2D eigenvalue weighted by Crippen LogP contribution is 2.13. The Kier molecular flexibility index (Phi) is 2.87. The minimum Gasteiger partial charge on any atom is -0.334 e. The van der Waals surface area contributed by atoms with E-state index in [2.05, 4.69) is 36.5 Å². The molecule has 1 rings (SSSR count). The van der Waals surface area contributed by atoms with Gasteiger partial charge in [-0.3, -0.25) is 0 Å². The predicted molar refractivity (Wildman–Crippen MR) is 49.9 cm³/mol. The Hall–Kier alpha value is -0.830. The molecule has 0 bridgehead atoms. The minimum absolute atomic E-state index is 0.489. The van der Waals surface area contributed by atoms with Crippen LogP contribution in [0.15, 0.2) is 6.20 Å². The van der Waals surface area contributed by atoms with E-state index in [0.29, 0.717) is 12.5 Å². The standard InChI is InChI=1S/C9H17N3/c1-4-12-6-8(7(2)3)11-9(12)5-10/h6-7H,4-5,10H2,1-3H3. The molecule has 0 aliphatic rings. The summed E-state index contributed by atoms with van der Waals surface area (Å²) in [5, 5.41) is 0. The van der Waals surface area contributed by atoms with Crippen molar-refractivity contribution in [3.8, 4) is 0 Å². The molecule has 0 amide bonds. The highest BCUT2D eigenvalue weighted by molar-refractivity contribution is 5.07. The van der Waals surface area contributed by atoms with Gasteiger partial charge in [-0.15, -0.1) is 0 Å². The molecule has 0 radical (unpaired) electrons. The molecular formula is C9H17N3. The number of aryl methyl sites for hydroxylation is 1. The lowest BCUT2D eigenvalue weighted by atomic mass is 10.2. The van der Waals surface area contributed by atoms with Gasteiger partial charge in [0.25, 0.3) is 0 Å². The quantitative estimate of drug-likeness (QED) is 0.741. The number of hydrogen-bond acceptors (Lipinski definition) is 2. The molecule has 1 aromatic rings. The van der Waals surface area contributed by atoms with E-state index in [1.807, 2.05) is 0 Å². The van der Waals surface area contributed by atoms with Crippen LogP contribution in [0.1, 0.15) is 38.2 Å². The van der Waals surface area contributed by atoms with Crippen LogP contribution in [0.4, 0.5) is 0 Å². The lowest BCUT2D eigenvalue weighted by molar-refractivity contribution is 0.698. The van der Waals surface area contributed by atoms with Gasteiger partial charge in [0, 0.05) is 12.7 Å². The van der Waals surface area contributed by atoms with Gasteiger partial charge in [-0.25, -0.2) is 4.98 Å². The Morgan fingerprint density at radius 1 is 1.58 bits per heavy atom. The van der Waals surface area contributed by atoms with Gasteiger partial charge in [-0.1, -0.05) is 13.8 Å². The number of imidazole rings is 1. The Bertz CT molecular complexity index is 229. The van der Waals surface area contributed by atoms with Crippen LogP contribution in [-0.4, -0.2) is 9.55 Å². The summed E-state index contributed by atoms with van der Waals surface area (Å²) in [5.41, 5.74) is 6.69. The Balaban J connectivity index is 2.97. The van der Waals surface area contributed by atoms with Crippen LogP contribution in [0.3, 0.4) is 0 Å². The van der Waals surface area contributed by atoms with Gasteiger partial charge in [0.1, 0.15) is 5.82 Å². The molecular weight excluding hydrogens is 150 g/mol. The molecule has 0 aliphatic heterocycles. The maximum absolute atomic E-state index is 5.56. The van der Waals surface area contributed by atoms with Crippen molar-refractivity contribution in [3.05, 3.63) is 17.7 Å². The molecule has 0 aromatic carbocycles. The second-order valence-corrected chi connectivity index (χ2v) is 3.23. The van der Waals surface area contributed by atoms with E-state index < -0.39 is 0 Å². The van der Waals surface area contributed by atoms with Crippen molar-refractivity contribution >= 4 is 0 Å². The molecule has 3 heteroatoms. The van der Waals surface area contributed by atoms with Gasteiger partial charge in [-0.05, 0) is 12.8 Å². The molecule has 0 atom stereocenters. The summed E-state index contributed by atoms with van der Waals surface area (Å²) >= 11 is 0. The van der Waals surface area contributed by atoms with Crippen LogP contribution >= 0.6 is 0 Å². The van der Waals surface area contributed by atoms with Crippen LogP contribution in [0.25, 0.3) is 0 Å². The topological polar surface area (TPSA) is 43.8 Å². The third-order valence-corrected chi connectivity index (χ3v) is 1.99. The summed E-state index contributed by atoms with van der Waals surface area (Å²) in [6.07, 6.45) is 2.09. The van der Waals surface area contributed by atoms with Crippen molar-refractivity contribution in [3.63, 3.8) is 0 Å². The van der Waals surface area contributed by atoms with Crippen molar-refractivity contribution in [2.45, 2.75) is 39.8 Å². The molecule has 0 fully saturated rings. The highest BCUT2D eigenvalue weighted by Gasteiger charge is 2.07. The number of hydrogen-bond donors (Lipinski definition) is 1. The van der Waals surface area contributed by atoms with Crippen LogP contribution in [0.2, 0.25) is 0 Å². The summed E-state index contributed by atoms with van der Waals surface area (Å²) in [5.74, 6) is 1.48. The molecule has 1 heterocycles. The van der Waals surface area contributed by atoms with E-state index in [4.69, 9.17) is 5.73 Å². The first-order valence-corrected chi connectivity index (χ1v) is 4.45. The lowest BCUT2D eigenvalue weighted by Crippen LogP contribution is -2.06. The maximum atomic E-state index is 5.56. The first-order valence-electron chi connectivity index (χ1n) is 4.45. The molecule has 3 nitrogen and oxygen atoms in total. The van der Waals surface area contributed by atoms with Crippen molar-refractivity contribution in [1.29, 1.82) is 0 Å². The summed E-state index contributed by atoms with van der Waals surface area (Å²) in [6.45, 7) is 7.86. The lowest BCUT2D eigenvalue weighted by Gasteiger charge is -1.99. The third kappa shape index (κ3) is 1.67. The van der Waals surface area contributed by atoms with Gasteiger partial charge in [0.2, 0.25) is 0 Å². The van der Waals surface area contributed by atoms with Crippen molar-refractivity contribution < 1.29 is 0 Å². The van der Waals surface area contributed by atoms with E-state index in [0.717, 1.165) is 18.1 Å². The Morgan fingerprint density at radius 2 is 2.25 bits per heavy atom. The van der Waals surface area contributed by atoms with Crippen LogP contribution in [-0.2, 0) is 13.1 Å². The Labute approximate surface area is 73.6 Å². The van der Waals surface area contributed by atoms with Gasteiger partial charge < -0.3 is 10.3 Å². The number of nitrogens with two attached hydrogens (primary N) is 1. The van der Waals surface area contributed by atoms with Gasteiger partial charge in [0.15, 0.2) is 0 Å². The molecule has 0 saturated carbocycles. The normalized spacial score (nSPS) is 11.1. The smallest absolute Gasteiger partial charge is 0.122 e. The number of nitrogens with zero attached hydrogens (tertiary/aromatic N) is 2. The molecule has 0 saturated heterocycles. The largest absolute Gasteiger partial charge is 0.334 e. The maximum Gasteiger partial charge on any atom is 0.122 e. The third-order valence-electron chi connectivity index (χ3n) is 1.99. The van der Waals surface area contributed by atoms with Crippen molar-refractivity contribution in [2.75, 3.05) is 0 Å². The summed E-state index contributed by atoms with van der Waals surface area (Å²) in [7, 11) is 0. The molecule has 68 valence electrons. The fourth-order valence-corrected chi connectivity index (χ4v) is 1.19. The van der Waals surface area contributed by atoms with Crippen LogP contribution in [0.5, 0.6) is 0 Å². The van der Waals surface area contributed by atoms with E-state index >= 15 is 0 Å². The molecule has 2 N–H and O–H groups in total. The molecule has 0 aliphatic carbocycles. The summed E-state index contributed by atoms with van der Waals surface area (Å²) in [6, 6.07) is 0. The van der Waals surface area contributed by atoms with E-state index in [9.17, 15) is 0 Å². The highest BCUT2D eigenvalue weighted by atomic mass is 15.1. The fourth-order valence-electron chi connectivity index (χ4n) is 1.19. The second kappa shape index (κ2) is 3.72. The predicted octanol–water partition coefficient (Wildman–Crippen LogP) is 1.49. The first-order chi connectivity index (χ1) is 5.69. The number of aromatic nitrogens is 2. The average Bonchev–Trinajstić information content (AvgIpc) is 2.46. The van der Waals surface area contributed by atoms with Gasteiger partial charge >= 0.3 is 0 Å². The van der Waals surface area contributed by atoms with Crippen molar-refractivity contribution in [1.82, 2.24) is 9.55 Å². The average molecular weight is 167 g/mol.